The van der Waals surface area contributed by atoms with Crippen molar-refractivity contribution in [3.63, 3.8) is 0 Å². The van der Waals surface area contributed by atoms with E-state index in [9.17, 15) is 9.18 Å². The molecule has 26 heavy (non-hydrogen) atoms. The number of carbonyl (C=O) groups excluding carboxylic acids is 1. The third-order valence-electron chi connectivity index (χ3n) is 3.77. The van der Waals surface area contributed by atoms with E-state index in [4.69, 9.17) is 9.47 Å². The average Bonchev–Trinajstić information content (AvgIpc) is 3.13. The molecule has 0 saturated carbocycles. The number of benzene rings is 2. The van der Waals surface area contributed by atoms with Gasteiger partial charge in [0.15, 0.2) is 11.6 Å². The molecule has 7 heteroatoms. The van der Waals surface area contributed by atoms with Crippen LogP contribution in [0, 0.1) is 5.82 Å². The SMILES string of the molecule is CCOCCOc1cccc(CNC(=O)c2ccc3ncsc3c2)c1F. The molecule has 2 aromatic carbocycles. The minimum Gasteiger partial charge on any atom is -0.488 e. The predicted octanol–water partition coefficient (Wildman–Crippen LogP) is 3.78. The van der Waals surface area contributed by atoms with E-state index in [2.05, 4.69) is 10.3 Å². The molecule has 1 heterocycles. The van der Waals surface area contributed by atoms with Crippen LogP contribution >= 0.6 is 11.3 Å². The molecule has 0 saturated heterocycles. The fraction of sp³-hybridized carbons (Fsp3) is 0.263. The molecule has 0 unspecified atom stereocenters. The molecule has 0 aliphatic heterocycles. The zero-order valence-corrected chi connectivity index (χ0v) is 15.1. The Morgan fingerprint density at radius 1 is 1.27 bits per heavy atom. The van der Waals surface area contributed by atoms with Gasteiger partial charge >= 0.3 is 0 Å². The predicted molar refractivity (Wildman–Crippen MR) is 99.2 cm³/mol. The quantitative estimate of drug-likeness (QED) is 0.610. The fourth-order valence-corrected chi connectivity index (χ4v) is 3.15. The van der Waals surface area contributed by atoms with Crippen LogP contribution in [0.1, 0.15) is 22.8 Å². The molecule has 0 atom stereocenters. The standard InChI is InChI=1S/C19H19FN2O3S/c1-2-24-8-9-25-16-5-3-4-14(18(16)20)11-21-19(23)13-6-7-15-17(10-13)26-12-22-15/h3-7,10,12H,2,8-9,11H2,1H3,(H,21,23). The summed E-state index contributed by atoms with van der Waals surface area (Å²) < 4.78 is 26.0. The summed E-state index contributed by atoms with van der Waals surface area (Å²) in [4.78, 5) is 16.5. The zero-order chi connectivity index (χ0) is 18.4. The van der Waals surface area contributed by atoms with Gasteiger partial charge in [0.05, 0.1) is 22.3 Å². The molecule has 3 rings (SSSR count). The van der Waals surface area contributed by atoms with Gasteiger partial charge in [0, 0.05) is 24.3 Å². The third kappa shape index (κ3) is 4.36. The van der Waals surface area contributed by atoms with Crippen LogP contribution in [-0.4, -0.2) is 30.7 Å². The van der Waals surface area contributed by atoms with Crippen molar-refractivity contribution in [2.45, 2.75) is 13.5 Å². The molecular formula is C19H19FN2O3S. The highest BCUT2D eigenvalue weighted by atomic mass is 32.1. The lowest BCUT2D eigenvalue weighted by Crippen LogP contribution is -2.23. The van der Waals surface area contributed by atoms with E-state index in [1.165, 1.54) is 11.3 Å². The maximum absolute atomic E-state index is 14.5. The van der Waals surface area contributed by atoms with Gasteiger partial charge in [0.1, 0.15) is 6.61 Å². The lowest BCUT2D eigenvalue weighted by atomic mass is 10.1. The Morgan fingerprint density at radius 2 is 2.15 bits per heavy atom. The number of nitrogens with one attached hydrogen (secondary N) is 1. The highest BCUT2D eigenvalue weighted by Gasteiger charge is 2.12. The third-order valence-corrected chi connectivity index (χ3v) is 4.56. The first-order chi connectivity index (χ1) is 12.7. The molecule has 1 amide bonds. The number of rotatable bonds is 8. The van der Waals surface area contributed by atoms with Crippen molar-refractivity contribution in [1.29, 1.82) is 0 Å². The molecule has 1 aromatic heterocycles. The number of ether oxygens (including phenoxy) is 2. The summed E-state index contributed by atoms with van der Waals surface area (Å²) in [6.07, 6.45) is 0. The average molecular weight is 374 g/mol. The van der Waals surface area contributed by atoms with Gasteiger partial charge in [-0.05, 0) is 31.2 Å². The summed E-state index contributed by atoms with van der Waals surface area (Å²) in [6, 6.07) is 10.2. The first-order valence-electron chi connectivity index (χ1n) is 8.28. The summed E-state index contributed by atoms with van der Waals surface area (Å²) in [6.45, 7) is 3.22. The molecule has 0 aliphatic rings. The minimum atomic E-state index is -0.470. The van der Waals surface area contributed by atoms with Gasteiger partial charge in [0.2, 0.25) is 0 Å². The fourth-order valence-electron chi connectivity index (χ4n) is 2.43. The number of carbonyl (C=O) groups is 1. The van der Waals surface area contributed by atoms with Crippen molar-refractivity contribution in [1.82, 2.24) is 10.3 Å². The summed E-state index contributed by atoms with van der Waals surface area (Å²) in [5.74, 6) is -0.577. The van der Waals surface area contributed by atoms with Crippen LogP contribution in [0.15, 0.2) is 41.9 Å². The summed E-state index contributed by atoms with van der Waals surface area (Å²) in [7, 11) is 0. The smallest absolute Gasteiger partial charge is 0.251 e. The maximum Gasteiger partial charge on any atom is 0.251 e. The molecule has 0 spiro atoms. The number of hydrogen-bond donors (Lipinski definition) is 1. The maximum atomic E-state index is 14.5. The second-order valence-electron chi connectivity index (χ2n) is 5.49. The Labute approximate surface area is 154 Å². The van der Waals surface area contributed by atoms with Gasteiger partial charge in [0.25, 0.3) is 5.91 Å². The molecular weight excluding hydrogens is 355 g/mol. The number of thiazole rings is 1. The molecule has 0 aliphatic carbocycles. The Bertz CT molecular complexity index is 897. The van der Waals surface area contributed by atoms with Crippen LogP contribution in [-0.2, 0) is 11.3 Å². The first-order valence-corrected chi connectivity index (χ1v) is 9.16. The second kappa shape index (κ2) is 8.73. The van der Waals surface area contributed by atoms with Crippen LogP contribution < -0.4 is 10.1 Å². The summed E-state index contributed by atoms with van der Waals surface area (Å²) in [5.41, 5.74) is 3.48. The van der Waals surface area contributed by atoms with E-state index >= 15 is 0 Å². The van der Waals surface area contributed by atoms with Gasteiger partial charge in [-0.2, -0.15) is 0 Å². The first kappa shape index (κ1) is 18.3. The van der Waals surface area contributed by atoms with Gasteiger partial charge in [-0.25, -0.2) is 9.37 Å². The van der Waals surface area contributed by atoms with E-state index in [0.29, 0.717) is 24.3 Å². The highest BCUT2D eigenvalue weighted by molar-refractivity contribution is 7.16. The normalized spacial score (nSPS) is 10.8. The van der Waals surface area contributed by atoms with E-state index in [-0.39, 0.29) is 24.8 Å². The summed E-state index contributed by atoms with van der Waals surface area (Å²) in [5, 5.41) is 2.74. The van der Waals surface area contributed by atoms with E-state index in [0.717, 1.165) is 10.2 Å². The van der Waals surface area contributed by atoms with Crippen molar-refractivity contribution >= 4 is 27.5 Å². The number of nitrogens with zero attached hydrogens (tertiary/aromatic N) is 1. The molecule has 1 N–H and O–H groups in total. The summed E-state index contributed by atoms with van der Waals surface area (Å²) >= 11 is 1.47. The lowest BCUT2D eigenvalue weighted by Gasteiger charge is -2.11. The molecule has 0 bridgehead atoms. The monoisotopic (exact) mass is 374 g/mol. The lowest BCUT2D eigenvalue weighted by molar-refractivity contribution is 0.0950. The van der Waals surface area contributed by atoms with Gasteiger partial charge in [-0.1, -0.05) is 12.1 Å². The largest absolute Gasteiger partial charge is 0.488 e. The molecule has 0 radical (unpaired) electrons. The van der Waals surface area contributed by atoms with E-state index in [1.807, 2.05) is 6.92 Å². The Kier molecular flexibility index (Phi) is 6.14. The molecule has 0 fully saturated rings. The Balaban J connectivity index is 1.62. The van der Waals surface area contributed by atoms with Crippen molar-refractivity contribution in [3.8, 4) is 5.75 Å². The number of fused-ring (bicyclic) bond motifs is 1. The van der Waals surface area contributed by atoms with Gasteiger partial charge in [-0.3, -0.25) is 4.79 Å². The zero-order valence-electron chi connectivity index (χ0n) is 14.3. The van der Waals surface area contributed by atoms with Gasteiger partial charge < -0.3 is 14.8 Å². The number of halogens is 1. The Hall–Kier alpha value is -2.51. The molecule has 3 aromatic rings. The minimum absolute atomic E-state index is 0.0774. The van der Waals surface area contributed by atoms with Crippen LogP contribution in [0.25, 0.3) is 10.2 Å². The van der Waals surface area contributed by atoms with Crippen LogP contribution in [0.4, 0.5) is 4.39 Å². The highest BCUT2D eigenvalue weighted by Crippen LogP contribution is 2.21. The van der Waals surface area contributed by atoms with Crippen LogP contribution in [0.5, 0.6) is 5.75 Å². The Morgan fingerprint density at radius 3 is 3.00 bits per heavy atom. The van der Waals surface area contributed by atoms with Crippen molar-refractivity contribution in [3.05, 3.63) is 58.9 Å². The number of hydrogen-bond acceptors (Lipinski definition) is 5. The molecule has 136 valence electrons. The number of aromatic nitrogens is 1. The second-order valence-corrected chi connectivity index (χ2v) is 6.38. The van der Waals surface area contributed by atoms with Crippen LogP contribution in [0.3, 0.4) is 0 Å². The van der Waals surface area contributed by atoms with E-state index in [1.54, 1.807) is 41.9 Å². The van der Waals surface area contributed by atoms with Gasteiger partial charge in [-0.15, -0.1) is 11.3 Å². The number of amides is 1. The van der Waals surface area contributed by atoms with Crippen molar-refractivity contribution < 1.29 is 18.7 Å². The van der Waals surface area contributed by atoms with Crippen LogP contribution in [0.2, 0.25) is 0 Å². The van der Waals surface area contributed by atoms with E-state index < -0.39 is 5.82 Å². The van der Waals surface area contributed by atoms with Crippen molar-refractivity contribution in [2.24, 2.45) is 0 Å². The topological polar surface area (TPSA) is 60.5 Å². The van der Waals surface area contributed by atoms with Crippen molar-refractivity contribution in [2.75, 3.05) is 19.8 Å². The molecule has 5 nitrogen and oxygen atoms in total.